The summed E-state index contributed by atoms with van der Waals surface area (Å²) in [5.41, 5.74) is 1.24. The quantitative estimate of drug-likeness (QED) is 0.134. The van der Waals surface area contributed by atoms with Crippen molar-refractivity contribution >= 4 is 35.7 Å². The molecule has 0 heterocycles. The van der Waals surface area contributed by atoms with Gasteiger partial charge in [-0.1, -0.05) is 37.6 Å². The molecule has 2 aromatic rings. The van der Waals surface area contributed by atoms with Gasteiger partial charge in [0.25, 0.3) is 0 Å². The topological polar surface area (TPSA) is 149 Å². The number of phenols is 1. The van der Waals surface area contributed by atoms with E-state index in [0.29, 0.717) is 30.7 Å². The van der Waals surface area contributed by atoms with E-state index < -0.39 is 11.9 Å². The average Bonchev–Trinajstić information content (AvgIpc) is 2.98. The molecular formula is C31H38N2O9. The second-order valence-corrected chi connectivity index (χ2v) is 9.00. The Balaban J connectivity index is 1.77. The molecule has 0 bridgehead atoms. The number of phenolic OH excluding ortho intramolecular Hbond substituents is 1. The maximum Gasteiger partial charge on any atom is 0.412 e. The zero-order valence-electron chi connectivity index (χ0n) is 24.1. The van der Waals surface area contributed by atoms with Gasteiger partial charge >= 0.3 is 6.09 Å². The number of amides is 2. The van der Waals surface area contributed by atoms with Crippen LogP contribution < -0.4 is 24.8 Å². The van der Waals surface area contributed by atoms with Crippen molar-refractivity contribution < 1.29 is 43.2 Å². The molecule has 0 atom stereocenters. The lowest BCUT2D eigenvalue weighted by atomic mass is 10.1. The van der Waals surface area contributed by atoms with E-state index in [1.165, 1.54) is 50.7 Å². The molecule has 2 aromatic carbocycles. The molecule has 11 heteroatoms. The average molecular weight is 583 g/mol. The molecule has 0 saturated heterocycles. The molecule has 2 amide bonds. The van der Waals surface area contributed by atoms with Crippen molar-refractivity contribution in [2.45, 2.75) is 32.6 Å². The van der Waals surface area contributed by atoms with Crippen molar-refractivity contribution in [3.05, 3.63) is 59.7 Å². The molecule has 0 radical (unpaired) electrons. The number of aromatic hydroxyl groups is 1. The maximum atomic E-state index is 12.3. The second kappa shape index (κ2) is 18.7. The van der Waals surface area contributed by atoms with Gasteiger partial charge in [-0.3, -0.25) is 14.4 Å². The van der Waals surface area contributed by atoms with Gasteiger partial charge in [0.1, 0.15) is 0 Å². The van der Waals surface area contributed by atoms with E-state index in [4.69, 9.17) is 18.9 Å². The molecule has 0 aliphatic rings. The molecule has 0 saturated carbocycles. The summed E-state index contributed by atoms with van der Waals surface area (Å²) in [7, 11) is 2.84. The largest absolute Gasteiger partial charge is 0.504 e. The molecule has 0 unspecified atom stereocenters. The van der Waals surface area contributed by atoms with Gasteiger partial charge in [-0.15, -0.1) is 0 Å². The van der Waals surface area contributed by atoms with Gasteiger partial charge in [-0.25, -0.2) is 4.79 Å². The number of carbonyl (C=O) groups is 4. The lowest BCUT2D eigenvalue weighted by Gasteiger charge is -2.11. The van der Waals surface area contributed by atoms with Gasteiger partial charge in [0.2, 0.25) is 5.91 Å². The SMILES string of the molecule is CCCCC(=O)NCCOCCNC(=O)Oc1ccc(/C=C/C(=O)CC(=O)/C=C/c2ccc(O)c(OC)c2)cc1OC. The zero-order chi connectivity index (χ0) is 30.7. The zero-order valence-corrected chi connectivity index (χ0v) is 24.1. The normalized spacial score (nSPS) is 10.9. The fourth-order valence-corrected chi connectivity index (χ4v) is 3.49. The Hall–Kier alpha value is -4.64. The van der Waals surface area contributed by atoms with Crippen LogP contribution in [0.3, 0.4) is 0 Å². The lowest BCUT2D eigenvalue weighted by molar-refractivity contribution is -0.122. The number of nitrogens with one attached hydrogen (secondary N) is 2. The summed E-state index contributed by atoms with van der Waals surface area (Å²) in [5.74, 6) is -0.0654. The minimum Gasteiger partial charge on any atom is -0.504 e. The van der Waals surface area contributed by atoms with Crippen LogP contribution in [0.5, 0.6) is 23.0 Å². The number of allylic oxidation sites excluding steroid dienone is 2. The summed E-state index contributed by atoms with van der Waals surface area (Å²) in [6.07, 6.45) is 6.94. The number of rotatable bonds is 18. The van der Waals surface area contributed by atoms with E-state index in [2.05, 4.69) is 10.6 Å². The van der Waals surface area contributed by atoms with E-state index >= 15 is 0 Å². The van der Waals surface area contributed by atoms with Gasteiger partial charge in [-0.05, 0) is 54.0 Å². The maximum absolute atomic E-state index is 12.3. The first-order valence-electron chi connectivity index (χ1n) is 13.5. The third-order valence-electron chi connectivity index (χ3n) is 5.71. The number of methoxy groups -OCH3 is 2. The van der Waals surface area contributed by atoms with Crippen molar-refractivity contribution in [3.8, 4) is 23.0 Å². The number of benzene rings is 2. The van der Waals surface area contributed by atoms with Crippen LogP contribution in [0.2, 0.25) is 0 Å². The molecule has 0 fully saturated rings. The fourth-order valence-electron chi connectivity index (χ4n) is 3.49. The fraction of sp³-hybridized carbons (Fsp3) is 0.355. The molecular weight excluding hydrogens is 544 g/mol. The van der Waals surface area contributed by atoms with Crippen molar-refractivity contribution in [1.29, 1.82) is 0 Å². The van der Waals surface area contributed by atoms with Crippen molar-refractivity contribution in [3.63, 3.8) is 0 Å². The van der Waals surface area contributed by atoms with Gasteiger partial charge in [0, 0.05) is 19.5 Å². The summed E-state index contributed by atoms with van der Waals surface area (Å²) in [4.78, 5) is 48.1. The molecule has 11 nitrogen and oxygen atoms in total. The van der Waals surface area contributed by atoms with Gasteiger partial charge < -0.3 is 34.7 Å². The first-order valence-corrected chi connectivity index (χ1v) is 13.5. The molecule has 0 aliphatic heterocycles. The summed E-state index contributed by atoms with van der Waals surface area (Å²) in [5, 5.41) is 15.0. The predicted molar refractivity (Wildman–Crippen MR) is 158 cm³/mol. The molecule has 0 aromatic heterocycles. The van der Waals surface area contributed by atoms with Crippen LogP contribution in [0.15, 0.2) is 48.6 Å². The van der Waals surface area contributed by atoms with Crippen molar-refractivity contribution in [2.24, 2.45) is 0 Å². The van der Waals surface area contributed by atoms with Crippen LogP contribution in [0.4, 0.5) is 4.79 Å². The van der Waals surface area contributed by atoms with E-state index in [-0.39, 0.29) is 54.3 Å². The number of ether oxygens (including phenoxy) is 4. The number of hydrogen-bond acceptors (Lipinski definition) is 9. The number of unbranched alkanes of at least 4 members (excludes halogenated alkanes) is 1. The Morgan fingerprint density at radius 3 is 2.02 bits per heavy atom. The standard InChI is InChI=1S/C31H38N2O9/c1-4-5-6-30(37)32-15-17-41-18-16-33-31(38)42-27-14-10-23(20-29(27)40-3)8-12-25(35)21-24(34)11-7-22-9-13-26(36)28(19-22)39-2/h7-14,19-20,36H,4-6,15-18,21H2,1-3H3,(H,32,37)(H,33,38)/b11-7+,12-8+. The van der Waals surface area contributed by atoms with E-state index in [1.54, 1.807) is 24.3 Å². The minimum absolute atomic E-state index is 0.00292. The third kappa shape index (κ3) is 12.7. The summed E-state index contributed by atoms with van der Waals surface area (Å²) >= 11 is 0. The molecule has 2 rings (SSSR count). The van der Waals surface area contributed by atoms with E-state index in [1.807, 2.05) is 6.92 Å². The van der Waals surface area contributed by atoms with Crippen LogP contribution in [-0.2, 0) is 19.1 Å². The lowest BCUT2D eigenvalue weighted by Crippen LogP contribution is -2.31. The van der Waals surface area contributed by atoms with Crippen molar-refractivity contribution in [2.75, 3.05) is 40.5 Å². The Kier molecular flexibility index (Phi) is 14.9. The molecule has 226 valence electrons. The van der Waals surface area contributed by atoms with Gasteiger partial charge in [0.05, 0.1) is 33.9 Å². The smallest absolute Gasteiger partial charge is 0.412 e. The predicted octanol–water partition coefficient (Wildman–Crippen LogP) is 4.08. The molecule has 0 spiro atoms. The highest BCUT2D eigenvalue weighted by molar-refractivity contribution is 6.10. The summed E-state index contributed by atoms with van der Waals surface area (Å²) in [6.45, 7) is 3.22. The third-order valence-corrected chi connectivity index (χ3v) is 5.71. The summed E-state index contributed by atoms with van der Waals surface area (Å²) in [6, 6.07) is 9.38. The Morgan fingerprint density at radius 2 is 1.40 bits per heavy atom. The van der Waals surface area contributed by atoms with Crippen molar-refractivity contribution in [1.82, 2.24) is 10.6 Å². The van der Waals surface area contributed by atoms with E-state index in [0.717, 1.165) is 12.8 Å². The van der Waals surface area contributed by atoms with Crippen LogP contribution in [-0.4, -0.2) is 69.2 Å². The summed E-state index contributed by atoms with van der Waals surface area (Å²) < 4.78 is 21.0. The van der Waals surface area contributed by atoms with Crippen LogP contribution in [0, 0.1) is 0 Å². The monoisotopic (exact) mass is 582 g/mol. The number of carbonyl (C=O) groups excluding carboxylic acids is 4. The Bertz CT molecular complexity index is 1270. The highest BCUT2D eigenvalue weighted by Gasteiger charge is 2.11. The molecule has 0 aliphatic carbocycles. The minimum atomic E-state index is -0.694. The van der Waals surface area contributed by atoms with Crippen LogP contribution >= 0.6 is 0 Å². The van der Waals surface area contributed by atoms with Crippen LogP contribution in [0.25, 0.3) is 12.2 Å². The Morgan fingerprint density at radius 1 is 0.810 bits per heavy atom. The highest BCUT2D eigenvalue weighted by atomic mass is 16.6. The highest BCUT2D eigenvalue weighted by Crippen LogP contribution is 2.29. The molecule has 3 N–H and O–H groups in total. The first-order chi connectivity index (χ1) is 20.2. The number of ketones is 2. The van der Waals surface area contributed by atoms with E-state index in [9.17, 15) is 24.3 Å². The second-order valence-electron chi connectivity index (χ2n) is 9.00. The van der Waals surface area contributed by atoms with Crippen LogP contribution in [0.1, 0.15) is 43.7 Å². The Labute approximate surface area is 245 Å². The molecule has 42 heavy (non-hydrogen) atoms. The first kappa shape index (κ1) is 33.6. The van der Waals surface area contributed by atoms with Gasteiger partial charge in [0.15, 0.2) is 34.6 Å². The van der Waals surface area contributed by atoms with Gasteiger partial charge in [-0.2, -0.15) is 0 Å². The number of hydrogen-bond donors (Lipinski definition) is 3.